The first kappa shape index (κ1) is 18.2. The summed E-state index contributed by atoms with van der Waals surface area (Å²) in [6.45, 7) is 8.33. The summed E-state index contributed by atoms with van der Waals surface area (Å²) >= 11 is 0. The van der Waals surface area contributed by atoms with Crippen LogP contribution in [0.25, 0.3) is 22.6 Å². The molecule has 1 unspecified atom stereocenters. The number of aryl methyl sites for hydroxylation is 2. The van der Waals surface area contributed by atoms with E-state index in [4.69, 9.17) is 5.10 Å². The summed E-state index contributed by atoms with van der Waals surface area (Å²) in [7, 11) is 1.80. The molecule has 6 nitrogen and oxygen atoms in total. The molecule has 6 heteroatoms. The van der Waals surface area contributed by atoms with Crippen molar-refractivity contribution >= 4 is 5.52 Å². The topological polar surface area (TPSA) is 57.1 Å². The quantitative estimate of drug-likeness (QED) is 0.541. The number of fused-ring (bicyclic) bond motifs is 1. The maximum absolute atomic E-state index is 13.2. The average molecular weight is 375 g/mol. The summed E-state index contributed by atoms with van der Waals surface area (Å²) in [5, 5.41) is 9.14. The molecule has 0 aliphatic rings. The van der Waals surface area contributed by atoms with Crippen LogP contribution in [0, 0.1) is 13.8 Å². The van der Waals surface area contributed by atoms with Crippen molar-refractivity contribution in [3.8, 4) is 17.1 Å². The Morgan fingerprint density at radius 2 is 1.96 bits per heavy atom. The molecule has 1 atom stereocenters. The molecule has 0 fully saturated rings. The van der Waals surface area contributed by atoms with Crippen LogP contribution in [0.1, 0.15) is 43.0 Å². The predicted molar refractivity (Wildman–Crippen MR) is 111 cm³/mol. The second kappa shape index (κ2) is 6.78. The minimum absolute atomic E-state index is 0.0102. The third-order valence-corrected chi connectivity index (χ3v) is 5.57. The van der Waals surface area contributed by atoms with Gasteiger partial charge in [0.1, 0.15) is 5.52 Å². The normalized spacial score (nSPS) is 12.6. The Balaban J connectivity index is 1.92. The zero-order valence-corrected chi connectivity index (χ0v) is 17.0. The highest BCUT2D eigenvalue weighted by Gasteiger charge is 2.19. The predicted octanol–water partition coefficient (Wildman–Crippen LogP) is 4.02. The molecule has 3 heterocycles. The van der Waals surface area contributed by atoms with Crippen molar-refractivity contribution in [1.29, 1.82) is 0 Å². The van der Waals surface area contributed by atoms with E-state index in [0.717, 1.165) is 34.5 Å². The summed E-state index contributed by atoms with van der Waals surface area (Å²) in [5.74, 6) is 0.982. The van der Waals surface area contributed by atoms with E-state index < -0.39 is 0 Å². The number of rotatable bonds is 4. The Hall–Kier alpha value is -3.15. The van der Waals surface area contributed by atoms with Gasteiger partial charge in [-0.2, -0.15) is 5.10 Å². The van der Waals surface area contributed by atoms with Gasteiger partial charge < -0.3 is 0 Å². The third-order valence-electron chi connectivity index (χ3n) is 5.57. The SMILES string of the molecule is CCC(C)c1cc(C)n2nc(-c3ccc(-n4cccn4)cc3C)n(C)c(=O)c12. The smallest absolute Gasteiger partial charge is 0.278 e. The Kier molecular flexibility index (Phi) is 4.41. The van der Waals surface area contributed by atoms with Gasteiger partial charge in [0.2, 0.25) is 0 Å². The zero-order chi connectivity index (χ0) is 20.0. The van der Waals surface area contributed by atoms with Crippen LogP contribution in [0.3, 0.4) is 0 Å². The zero-order valence-electron chi connectivity index (χ0n) is 17.0. The van der Waals surface area contributed by atoms with Crippen molar-refractivity contribution in [2.75, 3.05) is 0 Å². The number of aromatic nitrogens is 5. The van der Waals surface area contributed by atoms with Crippen LogP contribution in [-0.4, -0.2) is 24.0 Å². The first-order valence-corrected chi connectivity index (χ1v) is 9.62. The Morgan fingerprint density at radius 3 is 2.61 bits per heavy atom. The van der Waals surface area contributed by atoms with Crippen LogP contribution in [-0.2, 0) is 7.05 Å². The standard InChI is InChI=1S/C22H25N5O/c1-6-14(2)19-13-16(4)27-20(19)22(28)25(5)21(24-27)18-9-8-17(12-15(18)3)26-11-7-10-23-26/h7-14H,6H2,1-5H3. The summed E-state index contributed by atoms with van der Waals surface area (Å²) in [4.78, 5) is 13.2. The fourth-order valence-electron chi connectivity index (χ4n) is 3.71. The third kappa shape index (κ3) is 2.76. The van der Waals surface area contributed by atoms with Gasteiger partial charge in [0, 0.05) is 30.7 Å². The lowest BCUT2D eigenvalue weighted by Crippen LogP contribution is -2.24. The summed E-state index contributed by atoms with van der Waals surface area (Å²) in [5.41, 5.74) is 5.69. The minimum Gasteiger partial charge on any atom is -0.293 e. The molecule has 1 aromatic carbocycles. The van der Waals surface area contributed by atoms with E-state index in [0.29, 0.717) is 17.3 Å². The van der Waals surface area contributed by atoms with Gasteiger partial charge >= 0.3 is 0 Å². The second-order valence-electron chi connectivity index (χ2n) is 7.45. The van der Waals surface area contributed by atoms with Gasteiger partial charge in [-0.1, -0.05) is 13.8 Å². The van der Waals surface area contributed by atoms with Crippen molar-refractivity contribution in [2.24, 2.45) is 7.05 Å². The summed E-state index contributed by atoms with van der Waals surface area (Å²) in [6, 6.07) is 10.1. The van der Waals surface area contributed by atoms with E-state index in [1.54, 1.807) is 22.3 Å². The van der Waals surface area contributed by atoms with Gasteiger partial charge in [0.25, 0.3) is 5.56 Å². The Labute approximate surface area is 164 Å². The molecule has 0 aliphatic carbocycles. The maximum atomic E-state index is 13.2. The lowest BCUT2D eigenvalue weighted by atomic mass is 10.00. The van der Waals surface area contributed by atoms with Crippen molar-refractivity contribution in [3.05, 3.63) is 69.9 Å². The Bertz CT molecular complexity index is 1210. The van der Waals surface area contributed by atoms with Gasteiger partial charge in [-0.25, -0.2) is 9.20 Å². The largest absolute Gasteiger partial charge is 0.293 e. The highest BCUT2D eigenvalue weighted by molar-refractivity contribution is 5.65. The highest BCUT2D eigenvalue weighted by Crippen LogP contribution is 2.27. The van der Waals surface area contributed by atoms with Crippen LogP contribution in [0.15, 0.2) is 47.5 Å². The number of nitrogens with zero attached hydrogens (tertiary/aromatic N) is 5. The Morgan fingerprint density at radius 1 is 1.18 bits per heavy atom. The van der Waals surface area contributed by atoms with E-state index in [2.05, 4.69) is 31.1 Å². The van der Waals surface area contributed by atoms with E-state index in [1.807, 2.05) is 42.9 Å². The first-order valence-electron chi connectivity index (χ1n) is 9.62. The van der Waals surface area contributed by atoms with Gasteiger partial charge in [-0.3, -0.25) is 9.36 Å². The lowest BCUT2D eigenvalue weighted by Gasteiger charge is -2.14. The fraction of sp³-hybridized carbons (Fsp3) is 0.318. The molecular weight excluding hydrogens is 350 g/mol. The number of benzene rings is 1. The molecule has 28 heavy (non-hydrogen) atoms. The molecule has 0 bridgehead atoms. The summed E-state index contributed by atoms with van der Waals surface area (Å²) in [6.07, 6.45) is 4.65. The van der Waals surface area contributed by atoms with Crippen molar-refractivity contribution in [3.63, 3.8) is 0 Å². The molecule has 0 amide bonds. The molecule has 4 rings (SSSR count). The van der Waals surface area contributed by atoms with Crippen LogP contribution in [0.4, 0.5) is 0 Å². The van der Waals surface area contributed by atoms with Crippen LogP contribution < -0.4 is 5.56 Å². The van der Waals surface area contributed by atoms with Gasteiger partial charge in [-0.15, -0.1) is 5.10 Å². The number of hydrogen-bond acceptors (Lipinski definition) is 3. The maximum Gasteiger partial charge on any atom is 0.278 e. The molecule has 4 aromatic rings. The van der Waals surface area contributed by atoms with E-state index in [9.17, 15) is 4.79 Å². The van der Waals surface area contributed by atoms with E-state index in [1.165, 1.54) is 0 Å². The molecule has 0 spiro atoms. The van der Waals surface area contributed by atoms with Gasteiger partial charge in [0.15, 0.2) is 5.82 Å². The molecule has 0 saturated heterocycles. The molecule has 0 saturated carbocycles. The molecule has 0 N–H and O–H groups in total. The van der Waals surface area contributed by atoms with Crippen molar-refractivity contribution < 1.29 is 0 Å². The summed E-state index contributed by atoms with van der Waals surface area (Å²) < 4.78 is 5.29. The monoisotopic (exact) mass is 375 g/mol. The molecule has 0 aliphatic heterocycles. The fourth-order valence-corrected chi connectivity index (χ4v) is 3.71. The van der Waals surface area contributed by atoms with Crippen LogP contribution >= 0.6 is 0 Å². The number of hydrogen-bond donors (Lipinski definition) is 0. The average Bonchev–Trinajstić information content (AvgIpc) is 3.33. The van der Waals surface area contributed by atoms with Crippen LogP contribution in [0.5, 0.6) is 0 Å². The molecule has 0 radical (unpaired) electrons. The van der Waals surface area contributed by atoms with Crippen LogP contribution in [0.2, 0.25) is 0 Å². The van der Waals surface area contributed by atoms with Gasteiger partial charge in [-0.05, 0) is 67.6 Å². The molecule has 144 valence electrons. The first-order chi connectivity index (χ1) is 13.4. The van der Waals surface area contributed by atoms with E-state index >= 15 is 0 Å². The highest BCUT2D eigenvalue weighted by atomic mass is 16.1. The second-order valence-corrected chi connectivity index (χ2v) is 7.45. The molecular formula is C22H25N5O. The van der Waals surface area contributed by atoms with E-state index in [-0.39, 0.29) is 5.56 Å². The lowest BCUT2D eigenvalue weighted by molar-refractivity contribution is 0.728. The van der Waals surface area contributed by atoms with Gasteiger partial charge in [0.05, 0.1) is 5.69 Å². The minimum atomic E-state index is -0.0102. The van der Waals surface area contributed by atoms with Crippen molar-refractivity contribution in [1.82, 2.24) is 24.0 Å². The molecule has 3 aromatic heterocycles. The van der Waals surface area contributed by atoms with Crippen molar-refractivity contribution in [2.45, 2.75) is 40.0 Å².